The molecule has 0 heterocycles. The van der Waals surface area contributed by atoms with Gasteiger partial charge in [-0.3, -0.25) is 14.9 Å². The number of aliphatic hydroxyl groups excluding tert-OH is 1. The molecule has 0 saturated heterocycles. The number of unbranched alkanes of at least 4 members (excludes halogenated alkanes) is 1. The minimum atomic E-state index is -0.582. The van der Waals surface area contributed by atoms with Gasteiger partial charge in [0.15, 0.2) is 5.78 Å². The van der Waals surface area contributed by atoms with Gasteiger partial charge in [-0.05, 0) is 30.5 Å². The van der Waals surface area contributed by atoms with Crippen LogP contribution in [0.15, 0.2) is 42.5 Å². The number of nitrogens with zero attached hydrogens (tertiary/aromatic N) is 1. The molecule has 1 unspecified atom stereocenters. The first-order chi connectivity index (χ1) is 13.0. The second-order valence-corrected chi connectivity index (χ2v) is 6.40. The molecule has 0 aliphatic heterocycles. The van der Waals surface area contributed by atoms with E-state index in [0.717, 1.165) is 25.3 Å². The van der Waals surface area contributed by atoms with Crippen molar-refractivity contribution in [3.8, 4) is 0 Å². The highest BCUT2D eigenvalue weighted by atomic mass is 19.1. The van der Waals surface area contributed by atoms with E-state index in [1.807, 2.05) is 0 Å². The Morgan fingerprint density at radius 3 is 2.74 bits per heavy atom. The van der Waals surface area contributed by atoms with Crippen LogP contribution in [0.5, 0.6) is 0 Å². The summed E-state index contributed by atoms with van der Waals surface area (Å²) in [5.41, 5.74) is 0.444. The molecule has 0 saturated carbocycles. The molecule has 2 N–H and O–H groups in total. The van der Waals surface area contributed by atoms with Crippen molar-refractivity contribution in [2.75, 3.05) is 18.5 Å². The first-order valence-corrected chi connectivity index (χ1v) is 8.89. The molecule has 6 nitrogen and oxygen atoms in total. The van der Waals surface area contributed by atoms with Crippen molar-refractivity contribution in [1.82, 2.24) is 0 Å². The summed E-state index contributed by atoms with van der Waals surface area (Å²) in [7, 11) is 0. The maximum Gasteiger partial charge on any atom is 0.270 e. The fraction of sp³-hybridized carbons (Fsp3) is 0.350. The van der Waals surface area contributed by atoms with Crippen molar-refractivity contribution < 1.29 is 19.2 Å². The van der Waals surface area contributed by atoms with Crippen LogP contribution in [0.4, 0.5) is 15.8 Å². The minimum absolute atomic E-state index is 0.0162. The van der Waals surface area contributed by atoms with Gasteiger partial charge in [0.1, 0.15) is 5.82 Å². The smallest absolute Gasteiger partial charge is 0.270 e. The highest BCUT2D eigenvalue weighted by Crippen LogP contribution is 2.23. The van der Waals surface area contributed by atoms with E-state index in [1.54, 1.807) is 0 Å². The lowest BCUT2D eigenvalue weighted by atomic mass is 9.99. The van der Waals surface area contributed by atoms with E-state index in [-0.39, 0.29) is 29.3 Å². The lowest BCUT2D eigenvalue weighted by molar-refractivity contribution is -0.384. The fourth-order valence-corrected chi connectivity index (χ4v) is 2.78. The van der Waals surface area contributed by atoms with E-state index in [0.29, 0.717) is 12.2 Å². The maximum absolute atomic E-state index is 13.7. The van der Waals surface area contributed by atoms with Gasteiger partial charge in [0.2, 0.25) is 0 Å². The highest BCUT2D eigenvalue weighted by Gasteiger charge is 2.18. The quantitative estimate of drug-likeness (QED) is 0.370. The molecule has 0 fully saturated rings. The number of rotatable bonds is 10. The lowest BCUT2D eigenvalue weighted by Crippen LogP contribution is -2.19. The van der Waals surface area contributed by atoms with Gasteiger partial charge >= 0.3 is 0 Å². The third kappa shape index (κ3) is 5.59. The predicted octanol–water partition coefficient (Wildman–Crippen LogP) is 4.18. The summed E-state index contributed by atoms with van der Waals surface area (Å²) in [5.74, 6) is -1.05. The third-order valence-electron chi connectivity index (χ3n) is 4.35. The molecule has 0 bridgehead atoms. The van der Waals surface area contributed by atoms with Gasteiger partial charge < -0.3 is 10.4 Å². The second kappa shape index (κ2) is 9.78. The topological polar surface area (TPSA) is 92.5 Å². The third-order valence-corrected chi connectivity index (χ3v) is 4.35. The molecular formula is C20H23FN2O4. The number of nitro benzene ring substituents is 1. The number of carbonyl (C=O) groups is 1. The molecule has 7 heteroatoms. The number of hydrogen-bond donors (Lipinski definition) is 2. The van der Waals surface area contributed by atoms with Crippen LogP contribution in [0.3, 0.4) is 0 Å². The standard InChI is InChI=1S/C20H23FN2O4/c1-2-3-5-14(13-24)12-22-19-9-8-16(21)11-18(19)20(25)15-6-4-7-17(10-15)23(26)27/h4,6-11,14,22,24H,2-3,5,12-13H2,1H3. The van der Waals surface area contributed by atoms with E-state index >= 15 is 0 Å². The van der Waals surface area contributed by atoms with Gasteiger partial charge in [0, 0.05) is 42.1 Å². The molecule has 0 spiro atoms. The molecule has 0 amide bonds. The largest absolute Gasteiger partial charge is 0.396 e. The van der Waals surface area contributed by atoms with Crippen molar-refractivity contribution in [2.24, 2.45) is 5.92 Å². The Kier molecular flexibility index (Phi) is 7.43. The van der Waals surface area contributed by atoms with Gasteiger partial charge in [-0.25, -0.2) is 4.39 Å². The van der Waals surface area contributed by atoms with Crippen LogP contribution in [-0.2, 0) is 0 Å². The number of ketones is 1. The molecule has 0 radical (unpaired) electrons. The van der Waals surface area contributed by atoms with Crippen LogP contribution in [0.1, 0.15) is 42.1 Å². The Labute approximate surface area is 157 Å². The van der Waals surface area contributed by atoms with E-state index < -0.39 is 16.5 Å². The molecule has 27 heavy (non-hydrogen) atoms. The molecule has 2 aromatic carbocycles. The van der Waals surface area contributed by atoms with Gasteiger partial charge in [0.05, 0.1) is 4.92 Å². The molecule has 2 aromatic rings. The van der Waals surface area contributed by atoms with Crippen LogP contribution in [0.25, 0.3) is 0 Å². The minimum Gasteiger partial charge on any atom is -0.396 e. The molecule has 0 aliphatic carbocycles. The molecule has 0 aromatic heterocycles. The Balaban J connectivity index is 2.25. The van der Waals surface area contributed by atoms with Gasteiger partial charge in [-0.15, -0.1) is 0 Å². The maximum atomic E-state index is 13.7. The zero-order valence-corrected chi connectivity index (χ0v) is 15.2. The van der Waals surface area contributed by atoms with Gasteiger partial charge in [-0.2, -0.15) is 0 Å². The zero-order chi connectivity index (χ0) is 19.8. The number of aliphatic hydroxyl groups is 1. The summed E-state index contributed by atoms with van der Waals surface area (Å²) in [6.07, 6.45) is 2.84. The average Bonchev–Trinajstić information content (AvgIpc) is 2.68. The van der Waals surface area contributed by atoms with Crippen LogP contribution < -0.4 is 5.32 Å². The van der Waals surface area contributed by atoms with E-state index in [1.165, 1.54) is 36.4 Å². The molecule has 2 rings (SSSR count). The predicted molar refractivity (Wildman–Crippen MR) is 102 cm³/mol. The highest BCUT2D eigenvalue weighted by molar-refractivity contribution is 6.12. The Bertz CT molecular complexity index is 810. The summed E-state index contributed by atoms with van der Waals surface area (Å²) in [4.78, 5) is 23.1. The summed E-state index contributed by atoms with van der Waals surface area (Å²) >= 11 is 0. The zero-order valence-electron chi connectivity index (χ0n) is 15.2. The van der Waals surface area contributed by atoms with E-state index in [2.05, 4.69) is 12.2 Å². The van der Waals surface area contributed by atoms with Gasteiger partial charge in [0.25, 0.3) is 5.69 Å². The lowest BCUT2D eigenvalue weighted by Gasteiger charge is -2.17. The Hall–Kier alpha value is -2.80. The van der Waals surface area contributed by atoms with E-state index in [4.69, 9.17) is 0 Å². The van der Waals surface area contributed by atoms with Crippen LogP contribution in [-0.4, -0.2) is 29.0 Å². The number of non-ortho nitro benzene ring substituents is 1. The molecule has 144 valence electrons. The molecule has 1 atom stereocenters. The monoisotopic (exact) mass is 374 g/mol. The number of benzene rings is 2. The Morgan fingerprint density at radius 1 is 1.30 bits per heavy atom. The molecular weight excluding hydrogens is 351 g/mol. The summed E-state index contributed by atoms with van der Waals surface area (Å²) in [5, 5.41) is 23.5. The number of carbonyl (C=O) groups excluding carboxylic acids is 1. The fourth-order valence-electron chi connectivity index (χ4n) is 2.78. The van der Waals surface area contributed by atoms with Crippen LogP contribution in [0, 0.1) is 21.8 Å². The number of nitrogens with one attached hydrogen (secondary N) is 1. The summed E-state index contributed by atoms with van der Waals surface area (Å²) in [6, 6.07) is 9.17. The Morgan fingerprint density at radius 2 is 2.07 bits per heavy atom. The normalized spacial score (nSPS) is 11.8. The second-order valence-electron chi connectivity index (χ2n) is 6.40. The van der Waals surface area contributed by atoms with Crippen LogP contribution in [0.2, 0.25) is 0 Å². The molecule has 0 aliphatic rings. The number of hydrogen-bond acceptors (Lipinski definition) is 5. The van der Waals surface area contributed by atoms with Crippen LogP contribution >= 0.6 is 0 Å². The SMILES string of the molecule is CCCCC(CO)CNc1ccc(F)cc1C(=O)c1cccc([N+](=O)[O-])c1. The van der Waals surface area contributed by atoms with Gasteiger partial charge in [-0.1, -0.05) is 31.9 Å². The number of halogens is 1. The van der Waals surface area contributed by atoms with Crippen molar-refractivity contribution in [1.29, 1.82) is 0 Å². The van der Waals surface area contributed by atoms with Crippen molar-refractivity contribution in [3.63, 3.8) is 0 Å². The summed E-state index contributed by atoms with van der Waals surface area (Å²) in [6.45, 7) is 2.53. The first-order valence-electron chi connectivity index (χ1n) is 8.89. The number of anilines is 1. The van der Waals surface area contributed by atoms with Crippen molar-refractivity contribution >= 4 is 17.2 Å². The average molecular weight is 374 g/mol. The number of nitro groups is 1. The van der Waals surface area contributed by atoms with Crippen molar-refractivity contribution in [3.05, 3.63) is 69.5 Å². The van der Waals surface area contributed by atoms with Crippen molar-refractivity contribution in [2.45, 2.75) is 26.2 Å². The summed E-state index contributed by atoms with van der Waals surface area (Å²) < 4.78 is 13.7. The first kappa shape index (κ1) is 20.5. The van der Waals surface area contributed by atoms with E-state index in [9.17, 15) is 24.4 Å².